The zero-order valence-corrected chi connectivity index (χ0v) is 16.5. The second-order valence-corrected chi connectivity index (χ2v) is 6.22. The van der Waals surface area contributed by atoms with Crippen LogP contribution in [0.15, 0.2) is 21.7 Å². The maximum atomic E-state index is 11.7. The van der Waals surface area contributed by atoms with Crippen LogP contribution in [0.4, 0.5) is 0 Å². The van der Waals surface area contributed by atoms with E-state index in [0.29, 0.717) is 28.1 Å². The lowest BCUT2D eigenvalue weighted by Gasteiger charge is -2.12. The number of amides is 2. The normalized spacial score (nSPS) is 11.9. The van der Waals surface area contributed by atoms with Gasteiger partial charge in [0.25, 0.3) is 0 Å². The van der Waals surface area contributed by atoms with Crippen molar-refractivity contribution in [3.05, 3.63) is 22.2 Å². The first-order chi connectivity index (χ1) is 11.9. The van der Waals surface area contributed by atoms with E-state index in [-0.39, 0.29) is 6.04 Å². The van der Waals surface area contributed by atoms with Crippen molar-refractivity contribution in [1.29, 1.82) is 0 Å². The summed E-state index contributed by atoms with van der Waals surface area (Å²) in [5.74, 6) is -0.373. The number of nitrogens with one attached hydrogen (secondary N) is 2. The summed E-state index contributed by atoms with van der Waals surface area (Å²) in [6.45, 7) is 6.33. The molecule has 0 saturated carbocycles. The van der Waals surface area contributed by atoms with Crippen LogP contribution in [0.25, 0.3) is 0 Å². The maximum Gasteiger partial charge on any atom is 0.329 e. The minimum absolute atomic E-state index is 0.0712. The number of hydrogen-bond acceptors (Lipinski definition) is 5. The molecular formula is C17H24BrN3O4. The molecule has 0 bridgehead atoms. The van der Waals surface area contributed by atoms with Crippen LogP contribution in [-0.4, -0.2) is 37.8 Å². The van der Waals surface area contributed by atoms with Gasteiger partial charge in [-0.2, -0.15) is 5.10 Å². The number of hydrazone groups is 1. The summed E-state index contributed by atoms with van der Waals surface area (Å²) in [5, 5.41) is 6.36. The smallest absolute Gasteiger partial charge is 0.329 e. The predicted molar refractivity (Wildman–Crippen MR) is 100 cm³/mol. The lowest BCUT2D eigenvalue weighted by Crippen LogP contribution is -2.41. The van der Waals surface area contributed by atoms with Crippen LogP contribution in [0.3, 0.4) is 0 Å². The molecule has 0 aliphatic carbocycles. The summed E-state index contributed by atoms with van der Waals surface area (Å²) in [4.78, 5) is 23.3. The van der Waals surface area contributed by atoms with Crippen molar-refractivity contribution in [2.75, 3.05) is 13.7 Å². The SMILES string of the molecule is CCCOc1c(Br)cc(/C=N\NC(=O)C(=O)N[C@H](C)CC)cc1OC. The molecule has 2 amide bonds. The molecule has 0 fully saturated rings. The third-order valence-electron chi connectivity index (χ3n) is 3.28. The Morgan fingerprint density at radius 3 is 2.64 bits per heavy atom. The summed E-state index contributed by atoms with van der Waals surface area (Å²) in [6.07, 6.45) is 3.04. The van der Waals surface area contributed by atoms with Crippen LogP contribution in [0, 0.1) is 0 Å². The molecule has 0 saturated heterocycles. The van der Waals surface area contributed by atoms with Crippen LogP contribution in [0.5, 0.6) is 11.5 Å². The number of carbonyl (C=O) groups is 2. The Labute approximate surface area is 156 Å². The number of benzene rings is 1. The van der Waals surface area contributed by atoms with Crippen molar-refractivity contribution < 1.29 is 19.1 Å². The third kappa shape index (κ3) is 6.74. The Kier molecular flexibility index (Phi) is 8.98. The molecule has 7 nitrogen and oxygen atoms in total. The topological polar surface area (TPSA) is 89.0 Å². The van der Waals surface area contributed by atoms with E-state index < -0.39 is 11.8 Å². The van der Waals surface area contributed by atoms with Gasteiger partial charge in [-0.15, -0.1) is 0 Å². The zero-order valence-electron chi connectivity index (χ0n) is 14.9. The van der Waals surface area contributed by atoms with Crippen molar-refractivity contribution >= 4 is 34.0 Å². The monoisotopic (exact) mass is 413 g/mol. The van der Waals surface area contributed by atoms with Gasteiger partial charge < -0.3 is 14.8 Å². The van der Waals surface area contributed by atoms with E-state index >= 15 is 0 Å². The average Bonchev–Trinajstić information content (AvgIpc) is 2.59. The summed E-state index contributed by atoms with van der Waals surface area (Å²) in [6, 6.07) is 3.44. The molecule has 138 valence electrons. The van der Waals surface area contributed by atoms with Crippen LogP contribution in [-0.2, 0) is 9.59 Å². The van der Waals surface area contributed by atoms with Gasteiger partial charge in [0.05, 0.1) is 24.4 Å². The van der Waals surface area contributed by atoms with Crippen molar-refractivity contribution in [2.45, 2.75) is 39.7 Å². The van der Waals surface area contributed by atoms with Gasteiger partial charge in [0.2, 0.25) is 0 Å². The van der Waals surface area contributed by atoms with E-state index in [1.807, 2.05) is 20.8 Å². The highest BCUT2D eigenvalue weighted by atomic mass is 79.9. The third-order valence-corrected chi connectivity index (χ3v) is 3.87. The Hall–Kier alpha value is -2.09. The van der Waals surface area contributed by atoms with E-state index in [9.17, 15) is 9.59 Å². The summed E-state index contributed by atoms with van der Waals surface area (Å²) in [7, 11) is 1.54. The Bertz CT molecular complexity index is 635. The van der Waals surface area contributed by atoms with E-state index in [2.05, 4.69) is 31.8 Å². The second kappa shape index (κ2) is 10.7. The largest absolute Gasteiger partial charge is 0.493 e. The minimum atomic E-state index is -0.814. The average molecular weight is 414 g/mol. The summed E-state index contributed by atoms with van der Waals surface area (Å²) in [5.41, 5.74) is 2.87. The van der Waals surface area contributed by atoms with E-state index in [1.165, 1.54) is 6.21 Å². The number of methoxy groups -OCH3 is 1. The molecule has 1 rings (SSSR count). The number of halogens is 1. The van der Waals surface area contributed by atoms with Gasteiger partial charge in [-0.3, -0.25) is 9.59 Å². The fraction of sp³-hybridized carbons (Fsp3) is 0.471. The van der Waals surface area contributed by atoms with E-state index in [4.69, 9.17) is 9.47 Å². The number of rotatable bonds is 8. The second-order valence-electron chi connectivity index (χ2n) is 5.36. The number of ether oxygens (including phenoxy) is 2. The maximum absolute atomic E-state index is 11.7. The highest BCUT2D eigenvalue weighted by Crippen LogP contribution is 2.36. The Balaban J connectivity index is 2.76. The molecule has 1 aromatic carbocycles. The summed E-state index contributed by atoms with van der Waals surface area (Å²) >= 11 is 3.43. The lowest BCUT2D eigenvalue weighted by atomic mass is 10.2. The highest BCUT2D eigenvalue weighted by molar-refractivity contribution is 9.10. The molecule has 0 aliphatic heterocycles. The van der Waals surface area contributed by atoms with Gasteiger partial charge in [0.15, 0.2) is 11.5 Å². The van der Waals surface area contributed by atoms with E-state index in [0.717, 1.165) is 12.8 Å². The molecule has 1 atom stereocenters. The van der Waals surface area contributed by atoms with Gasteiger partial charge in [-0.05, 0) is 53.4 Å². The Morgan fingerprint density at radius 2 is 2.04 bits per heavy atom. The lowest BCUT2D eigenvalue weighted by molar-refractivity contribution is -0.139. The predicted octanol–water partition coefficient (Wildman–Crippen LogP) is 2.61. The van der Waals surface area contributed by atoms with Gasteiger partial charge in [-0.1, -0.05) is 13.8 Å². The molecule has 0 heterocycles. The van der Waals surface area contributed by atoms with Crippen molar-refractivity contribution in [3.63, 3.8) is 0 Å². The number of carbonyl (C=O) groups excluding carboxylic acids is 2. The van der Waals surface area contributed by atoms with Crippen molar-refractivity contribution in [3.8, 4) is 11.5 Å². The van der Waals surface area contributed by atoms with Crippen molar-refractivity contribution in [2.24, 2.45) is 5.10 Å². The Morgan fingerprint density at radius 1 is 1.32 bits per heavy atom. The number of nitrogens with zero attached hydrogens (tertiary/aromatic N) is 1. The zero-order chi connectivity index (χ0) is 18.8. The van der Waals surface area contributed by atoms with Crippen LogP contribution >= 0.6 is 15.9 Å². The molecule has 0 unspecified atom stereocenters. The van der Waals surface area contributed by atoms with Crippen LogP contribution in [0.1, 0.15) is 39.2 Å². The first-order valence-electron chi connectivity index (χ1n) is 8.07. The van der Waals surface area contributed by atoms with Gasteiger partial charge >= 0.3 is 11.8 Å². The standard InChI is InChI=1S/C17H24BrN3O4/c1-5-7-25-15-13(18)8-12(9-14(15)24-4)10-19-21-17(23)16(22)20-11(3)6-2/h8-11H,5-7H2,1-4H3,(H,20,22)(H,21,23)/b19-10-/t11-/m1/s1. The molecular weight excluding hydrogens is 390 g/mol. The van der Waals surface area contributed by atoms with Gasteiger partial charge in [0.1, 0.15) is 0 Å². The molecule has 0 radical (unpaired) electrons. The van der Waals surface area contributed by atoms with Gasteiger partial charge in [0, 0.05) is 6.04 Å². The minimum Gasteiger partial charge on any atom is -0.493 e. The molecule has 1 aromatic rings. The summed E-state index contributed by atoms with van der Waals surface area (Å²) < 4.78 is 11.7. The fourth-order valence-corrected chi connectivity index (χ4v) is 2.34. The molecule has 0 aliphatic rings. The molecule has 25 heavy (non-hydrogen) atoms. The molecule has 0 aromatic heterocycles. The fourth-order valence-electron chi connectivity index (χ4n) is 1.77. The quantitative estimate of drug-likeness (QED) is 0.389. The van der Waals surface area contributed by atoms with Crippen LogP contribution in [0.2, 0.25) is 0 Å². The van der Waals surface area contributed by atoms with Crippen LogP contribution < -0.4 is 20.2 Å². The first kappa shape index (κ1) is 21.0. The van der Waals surface area contributed by atoms with Crippen molar-refractivity contribution in [1.82, 2.24) is 10.7 Å². The molecule has 8 heteroatoms. The van der Waals surface area contributed by atoms with Gasteiger partial charge in [-0.25, -0.2) is 5.43 Å². The first-order valence-corrected chi connectivity index (χ1v) is 8.86. The molecule has 0 spiro atoms. The molecule has 2 N–H and O–H groups in total. The van der Waals surface area contributed by atoms with E-state index in [1.54, 1.807) is 19.2 Å². The highest BCUT2D eigenvalue weighted by Gasteiger charge is 2.14. The number of hydrogen-bond donors (Lipinski definition) is 2.